The average Bonchev–Trinajstić information content (AvgIpc) is 3.27. The highest BCUT2D eigenvalue weighted by Gasteiger charge is 2.29. The molecular formula is C21H25Cl2N7O. The highest BCUT2D eigenvalue weighted by atomic mass is 35.5. The van der Waals surface area contributed by atoms with Gasteiger partial charge in [-0.25, -0.2) is 0 Å². The smallest absolute Gasteiger partial charge is 0.265 e. The lowest BCUT2D eigenvalue weighted by atomic mass is 9.98. The van der Waals surface area contributed by atoms with E-state index in [0.29, 0.717) is 28.4 Å². The largest absolute Gasteiger partial charge is 0.419 e. The van der Waals surface area contributed by atoms with Gasteiger partial charge in [-0.05, 0) is 55.8 Å². The van der Waals surface area contributed by atoms with E-state index < -0.39 is 0 Å². The minimum absolute atomic E-state index is 0.317. The van der Waals surface area contributed by atoms with Gasteiger partial charge in [0.1, 0.15) is 11.5 Å². The highest BCUT2D eigenvalue weighted by Crippen LogP contribution is 2.31. The number of hydrogen-bond acceptors (Lipinski definition) is 8. The summed E-state index contributed by atoms with van der Waals surface area (Å²) in [6, 6.07) is 5.56. The number of rotatable bonds is 4. The van der Waals surface area contributed by atoms with Crippen molar-refractivity contribution < 1.29 is 4.42 Å². The number of hydrazine groups is 1. The summed E-state index contributed by atoms with van der Waals surface area (Å²) in [6.45, 7) is 4.27. The van der Waals surface area contributed by atoms with Gasteiger partial charge in [-0.1, -0.05) is 23.2 Å². The Balaban J connectivity index is 1.43. The van der Waals surface area contributed by atoms with E-state index in [2.05, 4.69) is 37.2 Å². The first-order valence-electron chi connectivity index (χ1n) is 10.5. The number of halogens is 2. The van der Waals surface area contributed by atoms with Crippen LogP contribution in [0, 0.1) is 0 Å². The van der Waals surface area contributed by atoms with Gasteiger partial charge in [-0.2, -0.15) is 0 Å². The number of allylic oxidation sites excluding steroid dienone is 1. The molecule has 3 N–H and O–H groups in total. The van der Waals surface area contributed by atoms with E-state index in [4.69, 9.17) is 27.6 Å². The maximum Gasteiger partial charge on any atom is 0.265 e. The molecule has 1 fully saturated rings. The molecule has 0 atom stereocenters. The fraction of sp³-hybridized carbons (Fsp3) is 0.429. The average molecular weight is 462 g/mol. The second kappa shape index (κ2) is 8.61. The van der Waals surface area contributed by atoms with E-state index in [1.165, 1.54) is 0 Å². The van der Waals surface area contributed by atoms with E-state index in [1.807, 2.05) is 24.2 Å². The highest BCUT2D eigenvalue weighted by molar-refractivity contribution is 6.33. The Morgan fingerprint density at radius 2 is 2.00 bits per heavy atom. The molecule has 164 valence electrons. The lowest BCUT2D eigenvalue weighted by Gasteiger charge is -2.39. The van der Waals surface area contributed by atoms with Crippen LogP contribution in [0.2, 0.25) is 10.0 Å². The van der Waals surface area contributed by atoms with Crippen molar-refractivity contribution >= 4 is 28.9 Å². The maximum atomic E-state index is 6.42. The Morgan fingerprint density at radius 1 is 1.16 bits per heavy atom. The van der Waals surface area contributed by atoms with Crippen molar-refractivity contribution in [3.8, 4) is 0 Å². The molecule has 0 aliphatic carbocycles. The van der Waals surface area contributed by atoms with Gasteiger partial charge in [0.15, 0.2) is 0 Å². The van der Waals surface area contributed by atoms with Gasteiger partial charge >= 0.3 is 0 Å². The molecule has 1 aromatic heterocycles. The van der Waals surface area contributed by atoms with Crippen LogP contribution in [0.5, 0.6) is 0 Å². The van der Waals surface area contributed by atoms with Crippen molar-refractivity contribution in [3.63, 3.8) is 0 Å². The van der Waals surface area contributed by atoms with Crippen LogP contribution < -0.4 is 16.1 Å². The Bertz CT molecular complexity index is 1030. The minimum Gasteiger partial charge on any atom is -0.419 e. The zero-order valence-electron chi connectivity index (χ0n) is 17.3. The monoisotopic (exact) mass is 461 g/mol. The summed E-state index contributed by atoms with van der Waals surface area (Å²) in [6.07, 6.45) is 4.11. The number of benzene rings is 1. The van der Waals surface area contributed by atoms with E-state index in [1.54, 1.807) is 6.07 Å². The van der Waals surface area contributed by atoms with Crippen molar-refractivity contribution in [1.29, 1.82) is 0 Å². The predicted molar refractivity (Wildman–Crippen MR) is 120 cm³/mol. The van der Waals surface area contributed by atoms with Gasteiger partial charge in [-0.3, -0.25) is 10.4 Å². The Labute approximate surface area is 191 Å². The van der Waals surface area contributed by atoms with Gasteiger partial charge in [0, 0.05) is 42.6 Å². The van der Waals surface area contributed by atoms with Crippen molar-refractivity contribution in [3.05, 3.63) is 63.2 Å². The third-order valence-corrected chi connectivity index (χ3v) is 6.52. The van der Waals surface area contributed by atoms with Crippen LogP contribution in [-0.4, -0.2) is 53.3 Å². The summed E-state index contributed by atoms with van der Waals surface area (Å²) in [5.41, 5.74) is 6.24. The zero-order chi connectivity index (χ0) is 21.4. The number of nitrogens with zero attached hydrogens (tertiary/aromatic N) is 4. The Hall–Kier alpha value is -2.42. The molecule has 8 nitrogen and oxygen atoms in total. The fourth-order valence-electron chi connectivity index (χ4n) is 4.21. The zero-order valence-corrected chi connectivity index (χ0v) is 18.8. The first kappa shape index (κ1) is 20.5. The molecule has 4 heterocycles. The van der Waals surface area contributed by atoms with Crippen LogP contribution in [0.4, 0.5) is 0 Å². The van der Waals surface area contributed by atoms with Crippen LogP contribution >= 0.6 is 23.2 Å². The van der Waals surface area contributed by atoms with Crippen LogP contribution in [-0.2, 0) is 6.54 Å². The molecule has 5 rings (SSSR count). The van der Waals surface area contributed by atoms with Crippen molar-refractivity contribution in [1.82, 2.24) is 36.2 Å². The predicted octanol–water partition coefficient (Wildman–Crippen LogP) is 2.91. The quantitative estimate of drug-likeness (QED) is 0.640. The van der Waals surface area contributed by atoms with Gasteiger partial charge in [0.05, 0.1) is 5.70 Å². The number of piperidine rings is 1. The molecule has 0 spiro atoms. The van der Waals surface area contributed by atoms with Crippen molar-refractivity contribution in [2.75, 3.05) is 33.2 Å². The van der Waals surface area contributed by atoms with E-state index >= 15 is 0 Å². The van der Waals surface area contributed by atoms with Gasteiger partial charge in [0.2, 0.25) is 5.89 Å². The molecule has 0 amide bonds. The van der Waals surface area contributed by atoms with Crippen LogP contribution in [0.25, 0.3) is 5.70 Å². The summed E-state index contributed by atoms with van der Waals surface area (Å²) < 4.78 is 6.10. The normalized spacial score (nSPS) is 19.6. The van der Waals surface area contributed by atoms with Crippen LogP contribution in [0.3, 0.4) is 0 Å². The summed E-state index contributed by atoms with van der Waals surface area (Å²) in [5.74, 6) is 2.49. The van der Waals surface area contributed by atoms with E-state index in [-0.39, 0.29) is 0 Å². The molecule has 31 heavy (non-hydrogen) atoms. The summed E-state index contributed by atoms with van der Waals surface area (Å²) in [4.78, 5) is 2.27. The molecule has 3 aliphatic rings. The third-order valence-electron chi connectivity index (χ3n) is 5.91. The molecular weight excluding hydrogens is 437 g/mol. The first-order chi connectivity index (χ1) is 15.1. The number of hydrogen-bond donors (Lipinski definition) is 3. The SMILES string of the molecule is CN1NC2=C(C=C1c1nnc(C3CCNCC3)o1)N(Cc1cc(Cl)ccc1Cl)CCN2. The minimum atomic E-state index is 0.317. The molecule has 0 unspecified atom stereocenters. The Morgan fingerprint density at radius 3 is 2.84 bits per heavy atom. The molecule has 0 bridgehead atoms. The fourth-order valence-corrected chi connectivity index (χ4v) is 4.58. The summed E-state index contributed by atoms with van der Waals surface area (Å²) in [7, 11) is 1.94. The summed E-state index contributed by atoms with van der Waals surface area (Å²) >= 11 is 12.6. The topological polar surface area (TPSA) is 81.5 Å². The molecule has 10 heteroatoms. The maximum absolute atomic E-state index is 6.42. The molecule has 0 saturated carbocycles. The van der Waals surface area contributed by atoms with Crippen molar-refractivity contribution in [2.45, 2.75) is 25.3 Å². The van der Waals surface area contributed by atoms with Gasteiger partial charge in [-0.15, -0.1) is 10.2 Å². The molecule has 0 radical (unpaired) electrons. The molecule has 3 aliphatic heterocycles. The van der Waals surface area contributed by atoms with Crippen LogP contribution in [0.1, 0.15) is 36.1 Å². The number of nitrogens with one attached hydrogen (secondary N) is 3. The van der Waals surface area contributed by atoms with Gasteiger partial charge < -0.3 is 20.0 Å². The molecule has 1 aromatic carbocycles. The van der Waals surface area contributed by atoms with E-state index in [9.17, 15) is 0 Å². The number of aromatic nitrogens is 2. The lowest BCUT2D eigenvalue weighted by Crippen LogP contribution is -2.49. The Kier molecular flexibility index (Phi) is 5.69. The first-order valence-corrected chi connectivity index (χ1v) is 11.3. The second-order valence-corrected chi connectivity index (χ2v) is 8.86. The van der Waals surface area contributed by atoms with Crippen molar-refractivity contribution in [2.24, 2.45) is 0 Å². The van der Waals surface area contributed by atoms with E-state index in [0.717, 1.165) is 67.7 Å². The standard InChI is InChI=1S/C21H25Cl2N7O/c1-29-18(21-27-26-20(31-21)13-4-6-24-7-5-13)11-17-19(28-29)25-8-9-30(17)12-14-10-15(22)2-3-16(14)23/h2-3,10-11,13,24-25,28H,4-9,12H2,1H3. The lowest BCUT2D eigenvalue weighted by molar-refractivity contribution is 0.271. The van der Waals surface area contributed by atoms with Gasteiger partial charge in [0.25, 0.3) is 5.89 Å². The third kappa shape index (κ3) is 4.20. The molecule has 1 saturated heterocycles. The summed E-state index contributed by atoms with van der Waals surface area (Å²) in [5, 5.41) is 18.8. The van der Waals surface area contributed by atoms with Crippen LogP contribution in [0.15, 0.2) is 40.2 Å². The second-order valence-electron chi connectivity index (χ2n) is 8.01. The molecule has 2 aromatic rings.